The van der Waals surface area contributed by atoms with Crippen molar-refractivity contribution >= 4 is 5.91 Å². The van der Waals surface area contributed by atoms with Crippen molar-refractivity contribution < 1.29 is 9.90 Å². The summed E-state index contributed by atoms with van der Waals surface area (Å²) in [5.74, 6) is -0.142. The Labute approximate surface area is 101 Å². The van der Waals surface area contributed by atoms with E-state index in [1.54, 1.807) is 12.1 Å². The van der Waals surface area contributed by atoms with Crippen molar-refractivity contribution in [2.45, 2.75) is 32.2 Å². The summed E-state index contributed by atoms with van der Waals surface area (Å²) in [4.78, 5) is 11.9. The summed E-state index contributed by atoms with van der Waals surface area (Å²) in [5.41, 5.74) is 1.30. The highest BCUT2D eigenvalue weighted by Gasteiger charge is 2.16. The standard InChI is InChI=1S/C14H17NO2/c1-10-7-8-12(13(16)9-10)14(17)15-11-5-3-2-4-6-11/h2-3,7-9,11,16H,4-6H2,1H3,(H,15,17). The maximum atomic E-state index is 11.9. The largest absolute Gasteiger partial charge is 0.507 e. The van der Waals surface area contributed by atoms with E-state index in [1.807, 2.05) is 13.0 Å². The lowest BCUT2D eigenvalue weighted by Crippen LogP contribution is -2.35. The second kappa shape index (κ2) is 5.04. The third-order valence-corrected chi connectivity index (χ3v) is 3.00. The van der Waals surface area contributed by atoms with Gasteiger partial charge in [0.15, 0.2) is 0 Å². The minimum atomic E-state index is -0.192. The molecular formula is C14H17NO2. The summed E-state index contributed by atoms with van der Waals surface area (Å²) in [5, 5.41) is 12.7. The number of phenolic OH excluding ortho intramolecular Hbond substituents is 1. The lowest BCUT2D eigenvalue weighted by atomic mass is 10.0. The molecule has 1 atom stereocenters. The van der Waals surface area contributed by atoms with Crippen LogP contribution in [0.2, 0.25) is 0 Å². The van der Waals surface area contributed by atoms with Crippen LogP contribution >= 0.6 is 0 Å². The van der Waals surface area contributed by atoms with Crippen LogP contribution in [0.5, 0.6) is 5.75 Å². The summed E-state index contributed by atoms with van der Waals surface area (Å²) in [6.07, 6.45) is 7.06. The quantitative estimate of drug-likeness (QED) is 0.768. The van der Waals surface area contributed by atoms with Crippen molar-refractivity contribution in [2.24, 2.45) is 0 Å². The average Bonchev–Trinajstić information content (AvgIpc) is 2.30. The first-order valence-corrected chi connectivity index (χ1v) is 5.92. The molecule has 3 heteroatoms. The fraction of sp³-hybridized carbons (Fsp3) is 0.357. The number of nitrogens with one attached hydrogen (secondary N) is 1. The van der Waals surface area contributed by atoms with Gasteiger partial charge in [0, 0.05) is 6.04 Å². The van der Waals surface area contributed by atoms with E-state index in [9.17, 15) is 9.90 Å². The molecule has 0 heterocycles. The fourth-order valence-electron chi connectivity index (χ4n) is 2.02. The van der Waals surface area contributed by atoms with Crippen LogP contribution in [0.15, 0.2) is 30.4 Å². The van der Waals surface area contributed by atoms with Gasteiger partial charge in [0.05, 0.1) is 5.56 Å². The number of allylic oxidation sites excluding steroid dienone is 1. The van der Waals surface area contributed by atoms with Crippen LogP contribution in [0, 0.1) is 6.92 Å². The molecule has 0 saturated heterocycles. The van der Waals surface area contributed by atoms with Crippen LogP contribution in [-0.2, 0) is 0 Å². The van der Waals surface area contributed by atoms with Crippen molar-refractivity contribution in [2.75, 3.05) is 0 Å². The Hall–Kier alpha value is -1.77. The SMILES string of the molecule is Cc1ccc(C(=O)NC2CC=CCC2)c(O)c1. The number of aryl methyl sites for hydroxylation is 1. The maximum Gasteiger partial charge on any atom is 0.255 e. The third-order valence-electron chi connectivity index (χ3n) is 3.00. The first-order chi connectivity index (χ1) is 8.16. The number of rotatable bonds is 2. The molecule has 17 heavy (non-hydrogen) atoms. The van der Waals surface area contributed by atoms with Gasteiger partial charge < -0.3 is 10.4 Å². The van der Waals surface area contributed by atoms with Crippen LogP contribution in [0.25, 0.3) is 0 Å². The van der Waals surface area contributed by atoms with Gasteiger partial charge in [0.25, 0.3) is 5.91 Å². The van der Waals surface area contributed by atoms with Crippen molar-refractivity contribution in [3.8, 4) is 5.75 Å². The van der Waals surface area contributed by atoms with E-state index in [0.29, 0.717) is 5.56 Å². The lowest BCUT2D eigenvalue weighted by Gasteiger charge is -2.19. The number of hydrogen-bond donors (Lipinski definition) is 2. The predicted molar refractivity (Wildman–Crippen MR) is 67.1 cm³/mol. The Morgan fingerprint density at radius 2 is 2.24 bits per heavy atom. The number of phenols is 1. The molecule has 1 aliphatic carbocycles. The van der Waals surface area contributed by atoms with E-state index in [1.165, 1.54) is 0 Å². The highest BCUT2D eigenvalue weighted by atomic mass is 16.3. The lowest BCUT2D eigenvalue weighted by molar-refractivity contribution is 0.0932. The van der Waals surface area contributed by atoms with Crippen LogP contribution in [0.1, 0.15) is 35.2 Å². The molecule has 1 aromatic rings. The van der Waals surface area contributed by atoms with Gasteiger partial charge in [-0.1, -0.05) is 18.2 Å². The van der Waals surface area contributed by atoms with Crippen molar-refractivity contribution in [1.29, 1.82) is 0 Å². The molecular weight excluding hydrogens is 214 g/mol. The van der Waals surface area contributed by atoms with E-state index < -0.39 is 0 Å². The summed E-state index contributed by atoms with van der Waals surface area (Å²) in [7, 11) is 0. The summed E-state index contributed by atoms with van der Waals surface area (Å²) in [6, 6.07) is 5.29. The Balaban J connectivity index is 2.06. The highest BCUT2D eigenvalue weighted by molar-refractivity contribution is 5.97. The molecule has 1 amide bonds. The molecule has 0 spiro atoms. The topological polar surface area (TPSA) is 49.3 Å². The van der Waals surface area contributed by atoms with E-state index in [4.69, 9.17) is 0 Å². The van der Waals surface area contributed by atoms with Crippen LogP contribution in [-0.4, -0.2) is 17.1 Å². The molecule has 2 rings (SSSR count). The van der Waals surface area contributed by atoms with Crippen molar-refractivity contribution in [3.63, 3.8) is 0 Å². The zero-order valence-corrected chi connectivity index (χ0v) is 9.94. The molecule has 0 fully saturated rings. The second-order valence-electron chi connectivity index (χ2n) is 4.48. The molecule has 1 aliphatic rings. The van der Waals surface area contributed by atoms with Gasteiger partial charge in [-0.2, -0.15) is 0 Å². The van der Waals surface area contributed by atoms with Gasteiger partial charge in [-0.15, -0.1) is 0 Å². The number of benzene rings is 1. The van der Waals surface area contributed by atoms with Crippen LogP contribution in [0.4, 0.5) is 0 Å². The second-order valence-corrected chi connectivity index (χ2v) is 4.48. The minimum Gasteiger partial charge on any atom is -0.507 e. The molecule has 0 bridgehead atoms. The molecule has 0 radical (unpaired) electrons. The number of amides is 1. The van der Waals surface area contributed by atoms with Gasteiger partial charge in [-0.25, -0.2) is 0 Å². The number of aromatic hydroxyl groups is 1. The van der Waals surface area contributed by atoms with E-state index in [0.717, 1.165) is 24.8 Å². The third kappa shape index (κ3) is 2.87. The fourth-order valence-corrected chi connectivity index (χ4v) is 2.02. The van der Waals surface area contributed by atoms with Gasteiger partial charge in [-0.3, -0.25) is 4.79 Å². The first-order valence-electron chi connectivity index (χ1n) is 5.92. The van der Waals surface area contributed by atoms with Crippen LogP contribution in [0.3, 0.4) is 0 Å². The minimum absolute atomic E-state index is 0.0499. The summed E-state index contributed by atoms with van der Waals surface area (Å²) < 4.78 is 0. The average molecular weight is 231 g/mol. The number of hydrogen-bond acceptors (Lipinski definition) is 2. The predicted octanol–water partition coefficient (Wildman–Crippen LogP) is 2.54. The van der Waals surface area contributed by atoms with Crippen molar-refractivity contribution in [1.82, 2.24) is 5.32 Å². The highest BCUT2D eigenvalue weighted by Crippen LogP contribution is 2.19. The van der Waals surface area contributed by atoms with Gasteiger partial charge in [0.2, 0.25) is 0 Å². The number of carbonyl (C=O) groups is 1. The maximum absolute atomic E-state index is 11.9. The smallest absolute Gasteiger partial charge is 0.255 e. The molecule has 1 aromatic carbocycles. The Kier molecular flexibility index (Phi) is 3.47. The molecule has 1 unspecified atom stereocenters. The van der Waals surface area contributed by atoms with Crippen LogP contribution < -0.4 is 5.32 Å². The summed E-state index contributed by atoms with van der Waals surface area (Å²) >= 11 is 0. The molecule has 3 nitrogen and oxygen atoms in total. The van der Waals surface area contributed by atoms with Gasteiger partial charge in [0.1, 0.15) is 5.75 Å². The Morgan fingerprint density at radius 1 is 1.41 bits per heavy atom. The van der Waals surface area contributed by atoms with E-state index in [2.05, 4.69) is 17.5 Å². The normalized spacial score (nSPS) is 19.0. The molecule has 0 aromatic heterocycles. The van der Waals surface area contributed by atoms with E-state index >= 15 is 0 Å². The Bertz CT molecular complexity index is 452. The Morgan fingerprint density at radius 3 is 2.88 bits per heavy atom. The monoisotopic (exact) mass is 231 g/mol. The van der Waals surface area contributed by atoms with Crippen molar-refractivity contribution in [3.05, 3.63) is 41.5 Å². The van der Waals surface area contributed by atoms with Gasteiger partial charge in [-0.05, 0) is 43.9 Å². The summed E-state index contributed by atoms with van der Waals surface area (Å²) in [6.45, 7) is 1.88. The van der Waals surface area contributed by atoms with E-state index in [-0.39, 0.29) is 17.7 Å². The molecule has 0 aliphatic heterocycles. The zero-order valence-electron chi connectivity index (χ0n) is 9.94. The molecule has 2 N–H and O–H groups in total. The van der Waals surface area contributed by atoms with Gasteiger partial charge >= 0.3 is 0 Å². The molecule has 90 valence electrons. The zero-order chi connectivity index (χ0) is 12.3. The molecule has 0 saturated carbocycles. The first kappa shape index (κ1) is 11.7. The number of carbonyl (C=O) groups excluding carboxylic acids is 1.